The number of hydrogen-bond donors (Lipinski definition) is 1. The Morgan fingerprint density at radius 2 is 2.14 bits per heavy atom. The van der Waals surface area contributed by atoms with Crippen LogP contribution in [-0.4, -0.2) is 17.4 Å². The second-order valence-corrected chi connectivity index (χ2v) is 6.21. The Bertz CT molecular complexity index is 578. The highest BCUT2D eigenvalue weighted by atomic mass is 35.5. The highest BCUT2D eigenvalue weighted by Crippen LogP contribution is 2.33. The van der Waals surface area contributed by atoms with Gasteiger partial charge in [-0.05, 0) is 24.3 Å². The number of halogens is 2. The van der Waals surface area contributed by atoms with E-state index in [9.17, 15) is 14.9 Å². The second kappa shape index (κ2) is 6.62. The smallest absolute Gasteiger partial charge is 0.290 e. The van der Waals surface area contributed by atoms with E-state index < -0.39 is 4.92 Å². The summed E-state index contributed by atoms with van der Waals surface area (Å²) in [5.74, 6) is 0.691. The predicted molar refractivity (Wildman–Crippen MR) is 82.0 cm³/mol. The number of rotatable bonds is 4. The van der Waals surface area contributed by atoms with Crippen LogP contribution in [0, 0.1) is 22.0 Å². The van der Waals surface area contributed by atoms with Gasteiger partial charge in [0.2, 0.25) is 0 Å². The first-order valence-corrected chi connectivity index (χ1v) is 7.57. The molecule has 1 aliphatic carbocycles. The summed E-state index contributed by atoms with van der Waals surface area (Å²) in [5, 5.41) is 13.6. The minimum atomic E-state index is -0.649. The molecule has 1 saturated carbocycles. The summed E-state index contributed by atoms with van der Waals surface area (Å²) in [6.45, 7) is 2.75. The molecule has 1 aromatic rings. The number of hydrogen-bond acceptors (Lipinski definition) is 3. The molecule has 5 nitrogen and oxygen atoms in total. The molecule has 21 heavy (non-hydrogen) atoms. The Morgan fingerprint density at radius 3 is 2.71 bits per heavy atom. The van der Waals surface area contributed by atoms with E-state index in [0.29, 0.717) is 18.4 Å². The highest BCUT2D eigenvalue weighted by molar-refractivity contribution is 6.43. The van der Waals surface area contributed by atoms with Crippen LogP contribution in [0.15, 0.2) is 12.1 Å². The van der Waals surface area contributed by atoms with Crippen molar-refractivity contribution in [1.82, 2.24) is 5.32 Å². The third-order valence-electron chi connectivity index (χ3n) is 4.03. The van der Waals surface area contributed by atoms with Crippen LogP contribution in [0.4, 0.5) is 5.69 Å². The fourth-order valence-electron chi connectivity index (χ4n) is 2.69. The van der Waals surface area contributed by atoms with Gasteiger partial charge in [-0.25, -0.2) is 0 Å². The van der Waals surface area contributed by atoms with E-state index >= 15 is 0 Å². The molecule has 1 N–H and O–H groups in total. The van der Waals surface area contributed by atoms with Gasteiger partial charge in [0.15, 0.2) is 0 Å². The Kier molecular flexibility index (Phi) is 5.06. The molecule has 1 fully saturated rings. The lowest BCUT2D eigenvalue weighted by molar-refractivity contribution is -0.384. The Balaban J connectivity index is 2.10. The van der Waals surface area contributed by atoms with E-state index in [1.54, 1.807) is 0 Å². The van der Waals surface area contributed by atoms with Gasteiger partial charge in [-0.3, -0.25) is 14.9 Å². The van der Waals surface area contributed by atoms with Crippen LogP contribution in [0.25, 0.3) is 0 Å². The zero-order chi connectivity index (χ0) is 15.6. The molecule has 0 radical (unpaired) electrons. The number of nitrogens with one attached hydrogen (secondary N) is 1. The molecule has 0 heterocycles. The normalized spacial score (nSPS) is 21.3. The standard InChI is InChI=1S/C14H16Cl2N2O3/c1-8-3-2-4-9(8)7-17-14(19)10-5-11(15)13(16)12(6-10)18(20)21/h5-6,8-9H,2-4,7H2,1H3,(H,17,19). The maximum Gasteiger partial charge on any atom is 0.290 e. The first-order valence-electron chi connectivity index (χ1n) is 6.81. The summed E-state index contributed by atoms with van der Waals surface area (Å²) in [6, 6.07) is 2.51. The van der Waals surface area contributed by atoms with E-state index in [0.717, 1.165) is 12.5 Å². The summed E-state index contributed by atoms with van der Waals surface area (Å²) in [5.41, 5.74) is -0.203. The van der Waals surface area contributed by atoms with Gasteiger partial charge >= 0.3 is 0 Å². The quantitative estimate of drug-likeness (QED) is 0.668. The highest BCUT2D eigenvalue weighted by Gasteiger charge is 2.25. The fourth-order valence-corrected chi connectivity index (χ4v) is 3.08. The number of benzene rings is 1. The van der Waals surface area contributed by atoms with Crippen molar-refractivity contribution in [2.24, 2.45) is 11.8 Å². The Labute approximate surface area is 132 Å². The monoisotopic (exact) mass is 330 g/mol. The predicted octanol–water partition coefficient (Wildman–Crippen LogP) is 4.07. The van der Waals surface area contributed by atoms with Gasteiger partial charge < -0.3 is 5.32 Å². The number of nitro groups is 1. The minimum absolute atomic E-state index is 0.00486. The Hall–Kier alpha value is -1.33. The molecule has 114 valence electrons. The average Bonchev–Trinajstić information content (AvgIpc) is 2.84. The van der Waals surface area contributed by atoms with Gasteiger partial charge in [-0.2, -0.15) is 0 Å². The molecule has 0 aliphatic heterocycles. The minimum Gasteiger partial charge on any atom is -0.352 e. The Morgan fingerprint density at radius 1 is 1.43 bits per heavy atom. The van der Waals surface area contributed by atoms with Crippen LogP contribution in [0.1, 0.15) is 36.5 Å². The zero-order valence-corrected chi connectivity index (χ0v) is 13.1. The van der Waals surface area contributed by atoms with Crippen molar-refractivity contribution in [1.29, 1.82) is 0 Å². The number of carbonyl (C=O) groups excluding carboxylic acids is 1. The molecule has 1 aromatic carbocycles. The molecule has 0 aromatic heterocycles. The van der Waals surface area contributed by atoms with Crippen LogP contribution in [0.5, 0.6) is 0 Å². The summed E-state index contributed by atoms with van der Waals surface area (Å²) < 4.78 is 0. The van der Waals surface area contributed by atoms with Crippen molar-refractivity contribution >= 4 is 34.8 Å². The van der Waals surface area contributed by atoms with Crippen LogP contribution in [-0.2, 0) is 0 Å². The van der Waals surface area contributed by atoms with Gasteiger partial charge in [0.1, 0.15) is 5.02 Å². The molecular formula is C14H16Cl2N2O3. The van der Waals surface area contributed by atoms with Crippen LogP contribution in [0.3, 0.4) is 0 Å². The van der Waals surface area contributed by atoms with Crippen LogP contribution >= 0.6 is 23.2 Å². The van der Waals surface area contributed by atoms with E-state index in [2.05, 4.69) is 12.2 Å². The third-order valence-corrected chi connectivity index (χ3v) is 4.82. The lowest BCUT2D eigenvalue weighted by Gasteiger charge is -2.16. The van der Waals surface area contributed by atoms with Crippen molar-refractivity contribution in [3.8, 4) is 0 Å². The van der Waals surface area contributed by atoms with Crippen LogP contribution in [0.2, 0.25) is 10.0 Å². The lowest BCUT2D eigenvalue weighted by Crippen LogP contribution is -2.30. The summed E-state index contributed by atoms with van der Waals surface area (Å²) in [6.07, 6.45) is 3.46. The van der Waals surface area contributed by atoms with Gasteiger partial charge in [-0.1, -0.05) is 43.0 Å². The van der Waals surface area contributed by atoms with Crippen molar-refractivity contribution in [2.75, 3.05) is 6.54 Å². The zero-order valence-electron chi connectivity index (χ0n) is 11.6. The molecular weight excluding hydrogens is 315 g/mol. The summed E-state index contributed by atoms with van der Waals surface area (Å²) in [7, 11) is 0. The first-order chi connectivity index (χ1) is 9.90. The molecule has 0 bridgehead atoms. The van der Waals surface area contributed by atoms with E-state index in [1.165, 1.54) is 18.9 Å². The van der Waals surface area contributed by atoms with Crippen molar-refractivity contribution < 1.29 is 9.72 Å². The molecule has 1 aliphatic rings. The molecule has 2 rings (SSSR count). The maximum absolute atomic E-state index is 12.1. The molecule has 2 atom stereocenters. The topological polar surface area (TPSA) is 72.2 Å². The SMILES string of the molecule is CC1CCCC1CNC(=O)c1cc(Cl)c(Cl)c([N+](=O)[O-])c1. The van der Waals surface area contributed by atoms with Crippen molar-refractivity contribution in [2.45, 2.75) is 26.2 Å². The molecule has 1 amide bonds. The molecule has 2 unspecified atom stereocenters. The van der Waals surface area contributed by atoms with Crippen LogP contribution < -0.4 is 5.32 Å². The van der Waals surface area contributed by atoms with Crippen molar-refractivity contribution in [3.05, 3.63) is 37.9 Å². The maximum atomic E-state index is 12.1. The average molecular weight is 331 g/mol. The summed E-state index contributed by atoms with van der Waals surface area (Å²) in [4.78, 5) is 22.4. The van der Waals surface area contributed by atoms with Gasteiger partial charge in [0.25, 0.3) is 11.6 Å². The third kappa shape index (κ3) is 3.66. The molecule has 7 heteroatoms. The van der Waals surface area contributed by atoms with Gasteiger partial charge in [0, 0.05) is 18.2 Å². The van der Waals surface area contributed by atoms with Gasteiger partial charge in [-0.15, -0.1) is 0 Å². The van der Waals surface area contributed by atoms with Gasteiger partial charge in [0.05, 0.1) is 9.95 Å². The second-order valence-electron chi connectivity index (χ2n) is 5.43. The van der Waals surface area contributed by atoms with E-state index in [4.69, 9.17) is 23.2 Å². The molecule has 0 spiro atoms. The lowest BCUT2D eigenvalue weighted by atomic mass is 9.98. The van der Waals surface area contributed by atoms with E-state index in [1.807, 2.05) is 0 Å². The number of carbonyl (C=O) groups is 1. The van der Waals surface area contributed by atoms with E-state index in [-0.39, 0.29) is 27.2 Å². The van der Waals surface area contributed by atoms with Crippen molar-refractivity contribution in [3.63, 3.8) is 0 Å². The number of nitrogens with zero attached hydrogens (tertiary/aromatic N) is 1. The number of nitro benzene ring substituents is 1. The largest absolute Gasteiger partial charge is 0.352 e. The molecule has 0 saturated heterocycles. The number of amides is 1. The first kappa shape index (κ1) is 16.0. The fraction of sp³-hybridized carbons (Fsp3) is 0.500. The summed E-state index contributed by atoms with van der Waals surface area (Å²) >= 11 is 11.6.